The van der Waals surface area contributed by atoms with Crippen LogP contribution in [0, 0.1) is 5.39 Å². The number of diazo groups is 1. The van der Waals surface area contributed by atoms with Gasteiger partial charge in [-0.05, 0) is 6.07 Å². The average Bonchev–Trinajstić information content (AvgIpc) is 1.96. The highest BCUT2D eigenvalue weighted by atomic mass is 79.9. The number of rotatable bonds is 0. The van der Waals surface area contributed by atoms with E-state index in [2.05, 4.69) is 36.8 Å². The van der Waals surface area contributed by atoms with Gasteiger partial charge in [0.1, 0.15) is 0 Å². The molecule has 0 heterocycles. The molecule has 0 fully saturated rings. The van der Waals surface area contributed by atoms with Gasteiger partial charge in [-0.3, -0.25) is 0 Å². The maximum Gasteiger partial charge on any atom is 0.379 e. The van der Waals surface area contributed by atoms with Gasteiger partial charge in [-0.2, -0.15) is 0 Å². The zero-order valence-electron chi connectivity index (χ0n) is 5.21. The first kappa shape index (κ1) is 8.50. The molecule has 3 nitrogen and oxygen atoms in total. The van der Waals surface area contributed by atoms with E-state index >= 15 is 0 Å². The van der Waals surface area contributed by atoms with E-state index in [9.17, 15) is 5.11 Å². The Kier molecular flexibility index (Phi) is 2.47. The fraction of sp³-hybridized carbons (Fsp3) is 0. The predicted molar refractivity (Wildman–Crippen MR) is 46.0 cm³/mol. The van der Waals surface area contributed by atoms with Crippen LogP contribution in [0.3, 0.4) is 0 Å². The van der Waals surface area contributed by atoms with Crippen molar-refractivity contribution in [1.82, 2.24) is 0 Å². The fourth-order valence-corrected chi connectivity index (χ4v) is 1.82. The molecule has 1 rings (SSSR count). The van der Waals surface area contributed by atoms with Crippen molar-refractivity contribution in [2.75, 3.05) is 0 Å². The summed E-state index contributed by atoms with van der Waals surface area (Å²) in [4.78, 5) is 2.82. The van der Waals surface area contributed by atoms with Crippen LogP contribution < -0.4 is 5.11 Å². The van der Waals surface area contributed by atoms with Gasteiger partial charge in [0.05, 0.1) is 0 Å². The van der Waals surface area contributed by atoms with Gasteiger partial charge in [-0.15, -0.1) is 0 Å². The van der Waals surface area contributed by atoms with E-state index in [0.29, 0.717) is 8.95 Å². The Morgan fingerprint density at radius 1 is 1.36 bits per heavy atom. The minimum atomic E-state index is -0.323. The largest absolute Gasteiger partial charge is 0.866 e. The van der Waals surface area contributed by atoms with Crippen molar-refractivity contribution < 1.29 is 5.11 Å². The van der Waals surface area contributed by atoms with Crippen LogP contribution in [0.4, 0.5) is 5.69 Å². The lowest BCUT2D eigenvalue weighted by molar-refractivity contribution is -0.268. The van der Waals surface area contributed by atoms with E-state index in [-0.39, 0.29) is 11.4 Å². The second-order valence-corrected chi connectivity index (χ2v) is 3.61. The molecule has 56 valence electrons. The normalized spacial score (nSPS) is 9.18. The van der Waals surface area contributed by atoms with Gasteiger partial charge >= 0.3 is 5.69 Å². The van der Waals surface area contributed by atoms with Crippen LogP contribution in [0.25, 0.3) is 4.98 Å². The Balaban J connectivity index is 3.39. The molecule has 0 aromatic heterocycles. The topological polar surface area (TPSA) is 51.2 Å². The smallest absolute Gasteiger partial charge is 0.379 e. The Morgan fingerprint density at radius 3 is 2.55 bits per heavy atom. The van der Waals surface area contributed by atoms with Crippen molar-refractivity contribution in [3.05, 3.63) is 26.1 Å². The summed E-state index contributed by atoms with van der Waals surface area (Å²) in [5.74, 6) is -0.323. The molecule has 1 aromatic rings. The third-order valence-corrected chi connectivity index (χ3v) is 2.14. The van der Waals surface area contributed by atoms with Crippen molar-refractivity contribution in [3.63, 3.8) is 0 Å². The summed E-state index contributed by atoms with van der Waals surface area (Å²) in [5.41, 5.74) is 0.0197. The molecule has 0 saturated carbocycles. The zero-order valence-corrected chi connectivity index (χ0v) is 8.39. The Bertz CT molecular complexity index is 332. The quantitative estimate of drug-likeness (QED) is 0.685. The van der Waals surface area contributed by atoms with Crippen LogP contribution in [-0.4, -0.2) is 0 Å². The summed E-state index contributed by atoms with van der Waals surface area (Å²) in [7, 11) is 0. The maximum atomic E-state index is 11.0. The van der Waals surface area contributed by atoms with Crippen molar-refractivity contribution in [2.45, 2.75) is 0 Å². The van der Waals surface area contributed by atoms with Gasteiger partial charge in [0, 0.05) is 20.8 Å². The van der Waals surface area contributed by atoms with Crippen LogP contribution in [0.2, 0.25) is 0 Å². The van der Waals surface area contributed by atoms with Gasteiger partial charge in [-0.1, -0.05) is 31.9 Å². The number of benzene rings is 1. The van der Waals surface area contributed by atoms with E-state index in [1.54, 1.807) is 6.07 Å². The van der Waals surface area contributed by atoms with E-state index < -0.39 is 0 Å². The second-order valence-electron chi connectivity index (χ2n) is 1.84. The summed E-state index contributed by atoms with van der Waals surface area (Å²) in [6, 6.07) is 3.03. The minimum Gasteiger partial charge on any atom is -0.866 e. The molecule has 0 aliphatic carbocycles. The molecule has 1 aromatic carbocycles. The Morgan fingerprint density at radius 2 is 2.00 bits per heavy atom. The number of hydrogen-bond acceptors (Lipinski definition) is 2. The van der Waals surface area contributed by atoms with Crippen LogP contribution in [0.15, 0.2) is 21.1 Å². The molecule has 0 aliphatic rings. The lowest BCUT2D eigenvalue weighted by atomic mass is 10.3. The molecule has 0 spiro atoms. The molecule has 0 atom stereocenters. The summed E-state index contributed by atoms with van der Waals surface area (Å²) in [6.07, 6.45) is 0. The summed E-state index contributed by atoms with van der Waals surface area (Å²) >= 11 is 6.17. The minimum absolute atomic E-state index is 0.0197. The van der Waals surface area contributed by atoms with Crippen molar-refractivity contribution in [2.24, 2.45) is 0 Å². The predicted octanol–water partition coefficient (Wildman–Crippen LogP) is 2.77. The summed E-state index contributed by atoms with van der Waals surface area (Å²) < 4.78 is 1.07. The molecule has 0 radical (unpaired) electrons. The lowest BCUT2D eigenvalue weighted by Gasteiger charge is -2.03. The highest BCUT2D eigenvalue weighted by molar-refractivity contribution is 9.11. The van der Waals surface area contributed by atoms with E-state index in [0.717, 1.165) is 0 Å². The van der Waals surface area contributed by atoms with E-state index in [1.165, 1.54) is 6.07 Å². The van der Waals surface area contributed by atoms with Gasteiger partial charge in [0.25, 0.3) is 0 Å². The van der Waals surface area contributed by atoms with Crippen LogP contribution in [-0.2, 0) is 0 Å². The molecule has 5 heteroatoms. The first-order valence-corrected chi connectivity index (χ1v) is 4.25. The van der Waals surface area contributed by atoms with Crippen LogP contribution in [0.5, 0.6) is 5.75 Å². The molecule has 0 aliphatic heterocycles. The standard InChI is InChI=1S/C6H2Br2N2O/c7-3-1-4(8)6(11)5(2-3)10-9/h1-2H. The fourth-order valence-electron chi connectivity index (χ4n) is 0.621. The van der Waals surface area contributed by atoms with E-state index in [1.807, 2.05) is 0 Å². The van der Waals surface area contributed by atoms with E-state index in [4.69, 9.17) is 5.39 Å². The molecular formula is C6H2Br2N2O. The summed E-state index contributed by atoms with van der Waals surface area (Å²) in [6.45, 7) is 0. The number of halogens is 2. The first-order chi connectivity index (χ1) is 5.15. The molecule has 0 bridgehead atoms. The highest BCUT2D eigenvalue weighted by Crippen LogP contribution is 2.34. The van der Waals surface area contributed by atoms with Crippen molar-refractivity contribution >= 4 is 37.5 Å². The molecule has 11 heavy (non-hydrogen) atoms. The average molecular weight is 278 g/mol. The Hall–Kier alpha value is -0.600. The molecular weight excluding hydrogens is 276 g/mol. The van der Waals surface area contributed by atoms with Crippen molar-refractivity contribution in [3.8, 4) is 5.75 Å². The van der Waals surface area contributed by atoms with Gasteiger partial charge in [-0.25, -0.2) is 0 Å². The lowest BCUT2D eigenvalue weighted by Crippen LogP contribution is -1.90. The number of nitrogens with zero attached hydrogens (tertiary/aromatic N) is 2. The maximum absolute atomic E-state index is 11.0. The molecule has 0 unspecified atom stereocenters. The first-order valence-electron chi connectivity index (χ1n) is 2.66. The summed E-state index contributed by atoms with van der Waals surface area (Å²) in [5, 5.41) is 19.4. The molecule has 0 saturated heterocycles. The zero-order chi connectivity index (χ0) is 8.43. The molecule has 0 N–H and O–H groups in total. The SMILES string of the molecule is N#[N+]c1cc(Br)cc(Br)c1[O-]. The second kappa shape index (κ2) is 3.20. The van der Waals surface area contributed by atoms with Crippen molar-refractivity contribution in [1.29, 1.82) is 5.39 Å². The van der Waals surface area contributed by atoms with Gasteiger partial charge in [0.2, 0.25) is 5.39 Å². The third kappa shape index (κ3) is 1.70. The van der Waals surface area contributed by atoms with Gasteiger partial charge < -0.3 is 5.11 Å². The third-order valence-electron chi connectivity index (χ3n) is 1.10. The van der Waals surface area contributed by atoms with Crippen LogP contribution >= 0.6 is 31.9 Å². The van der Waals surface area contributed by atoms with Gasteiger partial charge in [0.15, 0.2) is 4.98 Å². The monoisotopic (exact) mass is 276 g/mol. The number of hydrogen-bond donors (Lipinski definition) is 0. The Labute approximate surface area is 79.9 Å². The molecule has 0 amide bonds. The highest BCUT2D eigenvalue weighted by Gasteiger charge is 2.09. The van der Waals surface area contributed by atoms with Crippen LogP contribution in [0.1, 0.15) is 0 Å².